The summed E-state index contributed by atoms with van der Waals surface area (Å²) < 4.78 is 0. The molecule has 1 N–H and O–H groups in total. The summed E-state index contributed by atoms with van der Waals surface area (Å²) in [7, 11) is 1.93. The van der Waals surface area contributed by atoms with Crippen LogP contribution in [0.4, 0.5) is 5.69 Å². The summed E-state index contributed by atoms with van der Waals surface area (Å²) in [5, 5.41) is 0. The van der Waals surface area contributed by atoms with Gasteiger partial charge in [0.25, 0.3) is 5.56 Å². The average Bonchev–Trinajstić information content (AvgIpc) is 2.61. The first kappa shape index (κ1) is 17.2. The number of likely N-dealkylation sites (N-methyl/N-ethyl adjacent to an activating group) is 1. The molecule has 1 amide bonds. The number of nitrogens with zero attached hydrogens (tertiary/aromatic N) is 3. The second kappa shape index (κ2) is 7.51. The van der Waals surface area contributed by atoms with Crippen LogP contribution in [0.5, 0.6) is 0 Å². The molecule has 1 aliphatic heterocycles. The number of nitrogens with one attached hydrogen (secondary N) is 1. The smallest absolute Gasteiger partial charge is 0.251 e. The van der Waals surface area contributed by atoms with Crippen LogP contribution in [-0.4, -0.2) is 47.5 Å². The molecule has 6 heteroatoms. The monoisotopic (exact) mass is 340 g/mol. The Kier molecular flexibility index (Phi) is 5.16. The molecule has 1 atom stereocenters. The van der Waals surface area contributed by atoms with Crippen LogP contribution in [0, 0.1) is 6.92 Å². The lowest BCUT2D eigenvalue weighted by atomic mass is 9.94. The van der Waals surface area contributed by atoms with Gasteiger partial charge in [-0.3, -0.25) is 9.59 Å². The van der Waals surface area contributed by atoms with Gasteiger partial charge in [0.2, 0.25) is 5.91 Å². The summed E-state index contributed by atoms with van der Waals surface area (Å²) >= 11 is 0. The minimum Gasteiger partial charge on any atom is -0.365 e. The Bertz CT molecular complexity index is 788. The summed E-state index contributed by atoms with van der Waals surface area (Å²) in [6.45, 7) is 3.52. The molecule has 3 rings (SSSR count). The topological polar surface area (TPSA) is 69.3 Å². The van der Waals surface area contributed by atoms with Gasteiger partial charge >= 0.3 is 0 Å². The molecule has 25 heavy (non-hydrogen) atoms. The number of aromatic nitrogens is 2. The number of rotatable bonds is 4. The van der Waals surface area contributed by atoms with Gasteiger partial charge in [0.1, 0.15) is 5.82 Å². The van der Waals surface area contributed by atoms with Gasteiger partial charge in [-0.2, -0.15) is 0 Å². The number of H-pyrrole nitrogens is 1. The maximum Gasteiger partial charge on any atom is 0.251 e. The molecular formula is C19H24N4O2. The van der Waals surface area contributed by atoms with Crippen LogP contribution in [-0.2, 0) is 4.79 Å². The Balaban J connectivity index is 1.66. The molecule has 0 radical (unpaired) electrons. The zero-order valence-corrected chi connectivity index (χ0v) is 14.7. The fourth-order valence-electron chi connectivity index (χ4n) is 3.33. The summed E-state index contributed by atoms with van der Waals surface area (Å²) in [5.74, 6) is 0.855. The van der Waals surface area contributed by atoms with E-state index in [1.807, 2.05) is 47.2 Å². The molecule has 1 aliphatic rings. The van der Waals surface area contributed by atoms with E-state index in [2.05, 4.69) is 9.97 Å². The van der Waals surface area contributed by atoms with E-state index in [0.717, 1.165) is 30.8 Å². The van der Waals surface area contributed by atoms with Crippen molar-refractivity contribution in [3.8, 4) is 0 Å². The van der Waals surface area contributed by atoms with Crippen molar-refractivity contribution in [2.24, 2.45) is 0 Å². The molecule has 1 fully saturated rings. The SMILES string of the molecule is Cc1nc([C@H]2CCCN(C(=O)CN(C)c3ccccc3)C2)cc(=O)[nH]1. The lowest BCUT2D eigenvalue weighted by molar-refractivity contribution is -0.130. The summed E-state index contributed by atoms with van der Waals surface area (Å²) in [5.41, 5.74) is 1.68. The standard InChI is InChI=1S/C19H24N4O2/c1-14-20-17(11-18(24)21-14)15-7-6-10-23(12-15)19(25)13-22(2)16-8-4-3-5-9-16/h3-5,8-9,11,15H,6-7,10,12-13H2,1-2H3,(H,20,21,24)/t15-/m0/s1. The minimum atomic E-state index is -0.130. The first-order valence-corrected chi connectivity index (χ1v) is 8.65. The third-order valence-corrected chi connectivity index (χ3v) is 4.64. The van der Waals surface area contributed by atoms with Crippen molar-refractivity contribution in [3.63, 3.8) is 0 Å². The molecule has 0 aliphatic carbocycles. The van der Waals surface area contributed by atoms with Gasteiger partial charge in [-0.1, -0.05) is 18.2 Å². The first-order chi connectivity index (χ1) is 12.0. The lowest BCUT2D eigenvalue weighted by Gasteiger charge is -2.34. The predicted molar refractivity (Wildman–Crippen MR) is 97.9 cm³/mol. The Labute approximate surface area is 147 Å². The zero-order chi connectivity index (χ0) is 17.8. The van der Waals surface area contributed by atoms with Gasteiger partial charge in [-0.05, 0) is 31.9 Å². The van der Waals surface area contributed by atoms with Crippen molar-refractivity contribution in [1.29, 1.82) is 0 Å². The van der Waals surface area contributed by atoms with E-state index in [1.54, 1.807) is 13.0 Å². The third kappa shape index (κ3) is 4.26. The first-order valence-electron chi connectivity index (χ1n) is 8.65. The molecule has 1 aromatic heterocycles. The molecule has 0 saturated carbocycles. The van der Waals surface area contributed by atoms with Crippen LogP contribution < -0.4 is 10.5 Å². The van der Waals surface area contributed by atoms with Gasteiger partial charge in [-0.25, -0.2) is 4.98 Å². The van der Waals surface area contributed by atoms with E-state index in [4.69, 9.17) is 0 Å². The van der Waals surface area contributed by atoms with E-state index < -0.39 is 0 Å². The highest BCUT2D eigenvalue weighted by Gasteiger charge is 2.26. The number of amides is 1. The van der Waals surface area contributed by atoms with Crippen molar-refractivity contribution < 1.29 is 4.79 Å². The number of hydrogen-bond donors (Lipinski definition) is 1. The van der Waals surface area contributed by atoms with Crippen molar-refractivity contribution in [3.05, 3.63) is 58.3 Å². The van der Waals surface area contributed by atoms with Crippen LogP contribution in [0.3, 0.4) is 0 Å². The molecule has 132 valence electrons. The van der Waals surface area contributed by atoms with Gasteiger partial charge in [0.15, 0.2) is 0 Å². The maximum atomic E-state index is 12.7. The number of carbonyl (C=O) groups excluding carboxylic acids is 1. The lowest BCUT2D eigenvalue weighted by Crippen LogP contribution is -2.44. The van der Waals surface area contributed by atoms with E-state index in [9.17, 15) is 9.59 Å². The molecular weight excluding hydrogens is 316 g/mol. The van der Waals surface area contributed by atoms with Crippen molar-refractivity contribution in [1.82, 2.24) is 14.9 Å². The number of piperidine rings is 1. The number of hydrogen-bond acceptors (Lipinski definition) is 4. The van der Waals surface area contributed by atoms with Gasteiger partial charge in [0.05, 0.1) is 12.2 Å². The molecule has 0 bridgehead atoms. The molecule has 0 unspecified atom stereocenters. The number of para-hydroxylation sites is 1. The van der Waals surface area contributed by atoms with Crippen molar-refractivity contribution in [2.45, 2.75) is 25.7 Å². The van der Waals surface area contributed by atoms with Crippen LogP contribution in [0.15, 0.2) is 41.2 Å². The molecule has 6 nitrogen and oxygen atoms in total. The van der Waals surface area contributed by atoms with E-state index >= 15 is 0 Å². The fraction of sp³-hybridized carbons (Fsp3) is 0.421. The van der Waals surface area contributed by atoms with Gasteiger partial charge < -0.3 is 14.8 Å². The Hall–Kier alpha value is -2.63. The van der Waals surface area contributed by atoms with E-state index in [0.29, 0.717) is 18.9 Å². The Morgan fingerprint density at radius 2 is 2.12 bits per heavy atom. The number of benzene rings is 1. The van der Waals surface area contributed by atoms with Crippen LogP contribution in [0.2, 0.25) is 0 Å². The fourth-order valence-corrected chi connectivity index (χ4v) is 3.33. The number of likely N-dealkylation sites (tertiary alicyclic amines) is 1. The van der Waals surface area contributed by atoms with Crippen molar-refractivity contribution in [2.75, 3.05) is 31.6 Å². The van der Waals surface area contributed by atoms with E-state index in [-0.39, 0.29) is 17.4 Å². The van der Waals surface area contributed by atoms with E-state index in [1.165, 1.54) is 0 Å². The zero-order valence-electron chi connectivity index (χ0n) is 14.7. The second-order valence-electron chi connectivity index (χ2n) is 6.63. The Morgan fingerprint density at radius 1 is 1.36 bits per heavy atom. The highest BCUT2D eigenvalue weighted by atomic mass is 16.2. The molecule has 1 aromatic carbocycles. The Morgan fingerprint density at radius 3 is 2.84 bits per heavy atom. The highest BCUT2D eigenvalue weighted by molar-refractivity contribution is 5.81. The molecule has 0 spiro atoms. The van der Waals surface area contributed by atoms with Crippen molar-refractivity contribution >= 4 is 11.6 Å². The largest absolute Gasteiger partial charge is 0.365 e. The van der Waals surface area contributed by atoms with Gasteiger partial charge in [0, 0.05) is 37.8 Å². The van der Waals surface area contributed by atoms with Crippen LogP contribution in [0.1, 0.15) is 30.3 Å². The van der Waals surface area contributed by atoms with Crippen LogP contribution >= 0.6 is 0 Å². The quantitative estimate of drug-likeness (QED) is 0.923. The average molecular weight is 340 g/mol. The summed E-state index contributed by atoms with van der Waals surface area (Å²) in [4.78, 5) is 35.4. The predicted octanol–water partition coefficient (Wildman–Crippen LogP) is 1.92. The summed E-state index contributed by atoms with van der Waals surface area (Å²) in [6.07, 6.45) is 1.88. The third-order valence-electron chi connectivity index (χ3n) is 4.64. The van der Waals surface area contributed by atoms with Gasteiger partial charge in [-0.15, -0.1) is 0 Å². The number of anilines is 1. The number of aryl methyl sites for hydroxylation is 1. The molecule has 1 saturated heterocycles. The second-order valence-corrected chi connectivity index (χ2v) is 6.63. The number of carbonyl (C=O) groups is 1. The molecule has 2 heterocycles. The number of aromatic amines is 1. The molecule has 2 aromatic rings. The maximum absolute atomic E-state index is 12.7. The normalized spacial score (nSPS) is 17.4. The summed E-state index contributed by atoms with van der Waals surface area (Å²) in [6, 6.07) is 11.4. The van der Waals surface area contributed by atoms with Crippen LogP contribution in [0.25, 0.3) is 0 Å². The minimum absolute atomic E-state index is 0.109. The highest BCUT2D eigenvalue weighted by Crippen LogP contribution is 2.25.